The maximum Gasteiger partial charge on any atom is 0.225 e. The molecule has 4 nitrogen and oxygen atoms in total. The van der Waals surface area contributed by atoms with Crippen molar-refractivity contribution in [1.29, 1.82) is 0 Å². The molecule has 0 aromatic heterocycles. The van der Waals surface area contributed by atoms with E-state index in [1.54, 1.807) is 0 Å². The normalized spacial score (nSPS) is 14.7. The van der Waals surface area contributed by atoms with Gasteiger partial charge in [-0.05, 0) is 37.4 Å². The second-order valence-corrected chi connectivity index (χ2v) is 5.37. The van der Waals surface area contributed by atoms with Crippen LogP contribution < -0.4 is 11.1 Å². The van der Waals surface area contributed by atoms with E-state index in [0.29, 0.717) is 13.0 Å². The number of hydrogen-bond acceptors (Lipinski definition) is 3. The summed E-state index contributed by atoms with van der Waals surface area (Å²) in [4.78, 5) is 14.2. The summed E-state index contributed by atoms with van der Waals surface area (Å²) < 4.78 is 0. The Morgan fingerprint density at radius 1 is 1.42 bits per heavy atom. The maximum absolute atomic E-state index is 11.9. The minimum atomic E-state index is 0.0588. The molecule has 0 bridgehead atoms. The summed E-state index contributed by atoms with van der Waals surface area (Å²) in [5.74, 6) is 0.926. The minimum absolute atomic E-state index is 0.0588. The first-order valence-corrected chi connectivity index (χ1v) is 6.95. The number of anilines is 1. The van der Waals surface area contributed by atoms with Crippen molar-refractivity contribution in [3.8, 4) is 0 Å². The highest BCUT2D eigenvalue weighted by Gasteiger charge is 2.22. The van der Waals surface area contributed by atoms with Gasteiger partial charge in [0.05, 0.1) is 0 Å². The van der Waals surface area contributed by atoms with Crippen LogP contribution in [-0.2, 0) is 11.3 Å². The summed E-state index contributed by atoms with van der Waals surface area (Å²) in [5.41, 5.74) is 7.46. The van der Waals surface area contributed by atoms with E-state index < -0.39 is 0 Å². The standard InChI is InChI=1S/C15H23N3O/c1-18(11-12-6-7-12)9-8-15(19)17-14-5-3-2-4-13(14)10-16/h2-5,12H,6-11,16H2,1H3,(H,17,19). The zero-order chi connectivity index (χ0) is 13.7. The molecule has 0 unspecified atom stereocenters. The molecule has 1 aromatic rings. The summed E-state index contributed by atoms with van der Waals surface area (Å²) in [5, 5.41) is 2.94. The lowest BCUT2D eigenvalue weighted by molar-refractivity contribution is -0.116. The molecule has 4 heteroatoms. The van der Waals surface area contributed by atoms with Crippen molar-refractivity contribution in [1.82, 2.24) is 4.90 Å². The molecule has 1 aromatic carbocycles. The van der Waals surface area contributed by atoms with Crippen molar-refractivity contribution in [2.24, 2.45) is 11.7 Å². The van der Waals surface area contributed by atoms with E-state index in [2.05, 4.69) is 17.3 Å². The van der Waals surface area contributed by atoms with Gasteiger partial charge < -0.3 is 16.0 Å². The minimum Gasteiger partial charge on any atom is -0.326 e. The number of rotatable bonds is 7. The average molecular weight is 261 g/mol. The molecule has 0 saturated heterocycles. The first kappa shape index (κ1) is 14.0. The Morgan fingerprint density at radius 2 is 2.16 bits per heavy atom. The van der Waals surface area contributed by atoms with Gasteiger partial charge in [-0.1, -0.05) is 18.2 Å². The van der Waals surface area contributed by atoms with Crippen LogP contribution in [0.15, 0.2) is 24.3 Å². The summed E-state index contributed by atoms with van der Waals surface area (Å²) in [6, 6.07) is 7.68. The van der Waals surface area contributed by atoms with Crippen molar-refractivity contribution in [2.45, 2.75) is 25.8 Å². The summed E-state index contributed by atoms with van der Waals surface area (Å²) in [7, 11) is 2.08. The van der Waals surface area contributed by atoms with E-state index in [1.807, 2.05) is 24.3 Å². The number of hydrogen-bond donors (Lipinski definition) is 2. The van der Waals surface area contributed by atoms with Crippen LogP contribution in [0.4, 0.5) is 5.69 Å². The van der Waals surface area contributed by atoms with Gasteiger partial charge in [-0.3, -0.25) is 4.79 Å². The molecular formula is C15H23N3O. The Hall–Kier alpha value is -1.39. The van der Waals surface area contributed by atoms with Crippen LogP contribution in [0.2, 0.25) is 0 Å². The lowest BCUT2D eigenvalue weighted by Gasteiger charge is -2.16. The molecule has 2 rings (SSSR count). The van der Waals surface area contributed by atoms with Gasteiger partial charge in [0.1, 0.15) is 0 Å². The zero-order valence-corrected chi connectivity index (χ0v) is 11.6. The number of benzene rings is 1. The Morgan fingerprint density at radius 3 is 2.84 bits per heavy atom. The predicted octanol–water partition coefficient (Wildman–Crippen LogP) is 1.82. The van der Waals surface area contributed by atoms with Crippen LogP contribution in [-0.4, -0.2) is 30.9 Å². The van der Waals surface area contributed by atoms with Crippen molar-refractivity contribution in [3.05, 3.63) is 29.8 Å². The number of nitrogens with zero attached hydrogens (tertiary/aromatic N) is 1. The zero-order valence-electron chi connectivity index (χ0n) is 11.6. The van der Waals surface area contributed by atoms with Crippen LogP contribution in [0.1, 0.15) is 24.8 Å². The van der Waals surface area contributed by atoms with Crippen LogP contribution in [0.25, 0.3) is 0 Å². The number of carbonyl (C=O) groups is 1. The molecule has 0 atom stereocenters. The largest absolute Gasteiger partial charge is 0.326 e. The third kappa shape index (κ3) is 4.65. The molecule has 1 aliphatic carbocycles. The Labute approximate surface area is 115 Å². The second-order valence-electron chi connectivity index (χ2n) is 5.37. The molecular weight excluding hydrogens is 238 g/mol. The smallest absolute Gasteiger partial charge is 0.225 e. The van der Waals surface area contributed by atoms with E-state index in [9.17, 15) is 4.79 Å². The van der Waals surface area contributed by atoms with Gasteiger partial charge in [0.15, 0.2) is 0 Å². The number of carbonyl (C=O) groups excluding carboxylic acids is 1. The number of para-hydroxylation sites is 1. The second kappa shape index (κ2) is 6.68. The van der Waals surface area contributed by atoms with E-state index in [1.165, 1.54) is 12.8 Å². The Bertz CT molecular complexity index is 429. The molecule has 1 fully saturated rings. The highest BCUT2D eigenvalue weighted by atomic mass is 16.1. The van der Waals surface area contributed by atoms with Gasteiger partial charge in [-0.25, -0.2) is 0 Å². The van der Waals surface area contributed by atoms with E-state index in [0.717, 1.165) is 30.3 Å². The third-order valence-electron chi connectivity index (χ3n) is 3.50. The fourth-order valence-corrected chi connectivity index (χ4v) is 2.16. The van der Waals surface area contributed by atoms with Crippen LogP contribution in [0.5, 0.6) is 0 Å². The van der Waals surface area contributed by atoms with Crippen LogP contribution in [0.3, 0.4) is 0 Å². The van der Waals surface area contributed by atoms with Crippen molar-refractivity contribution in [2.75, 3.05) is 25.5 Å². The Kier molecular flexibility index (Phi) is 4.93. The van der Waals surface area contributed by atoms with Crippen LogP contribution >= 0.6 is 0 Å². The number of amides is 1. The average Bonchev–Trinajstić information content (AvgIpc) is 3.21. The molecule has 19 heavy (non-hydrogen) atoms. The molecule has 3 N–H and O–H groups in total. The molecule has 0 spiro atoms. The highest BCUT2D eigenvalue weighted by Crippen LogP contribution is 2.29. The van der Waals surface area contributed by atoms with Gasteiger partial charge in [0.2, 0.25) is 5.91 Å². The van der Waals surface area contributed by atoms with Gasteiger partial charge in [-0.2, -0.15) is 0 Å². The fourth-order valence-electron chi connectivity index (χ4n) is 2.16. The maximum atomic E-state index is 11.9. The molecule has 0 aliphatic heterocycles. The van der Waals surface area contributed by atoms with Crippen molar-refractivity contribution in [3.63, 3.8) is 0 Å². The summed E-state index contributed by atoms with van der Waals surface area (Å²) in [6.45, 7) is 2.37. The van der Waals surface area contributed by atoms with Gasteiger partial charge in [0.25, 0.3) is 0 Å². The Balaban J connectivity index is 1.76. The molecule has 0 heterocycles. The topological polar surface area (TPSA) is 58.4 Å². The SMILES string of the molecule is CN(CCC(=O)Nc1ccccc1CN)CC1CC1. The lowest BCUT2D eigenvalue weighted by atomic mass is 10.1. The van der Waals surface area contributed by atoms with Crippen LogP contribution in [0, 0.1) is 5.92 Å². The summed E-state index contributed by atoms with van der Waals surface area (Å²) in [6.07, 6.45) is 3.23. The van der Waals surface area contributed by atoms with Crippen molar-refractivity contribution < 1.29 is 4.79 Å². The van der Waals surface area contributed by atoms with E-state index in [4.69, 9.17) is 5.73 Å². The highest BCUT2D eigenvalue weighted by molar-refractivity contribution is 5.91. The van der Waals surface area contributed by atoms with Gasteiger partial charge in [0, 0.05) is 31.7 Å². The molecule has 104 valence electrons. The first-order chi connectivity index (χ1) is 9.19. The quantitative estimate of drug-likeness (QED) is 0.787. The van der Waals surface area contributed by atoms with Gasteiger partial charge >= 0.3 is 0 Å². The predicted molar refractivity (Wildman–Crippen MR) is 77.8 cm³/mol. The number of nitrogens with two attached hydrogens (primary N) is 1. The van der Waals surface area contributed by atoms with E-state index >= 15 is 0 Å². The third-order valence-corrected chi connectivity index (χ3v) is 3.50. The molecule has 0 radical (unpaired) electrons. The summed E-state index contributed by atoms with van der Waals surface area (Å²) >= 11 is 0. The fraction of sp³-hybridized carbons (Fsp3) is 0.533. The van der Waals surface area contributed by atoms with Gasteiger partial charge in [-0.15, -0.1) is 0 Å². The van der Waals surface area contributed by atoms with E-state index in [-0.39, 0.29) is 5.91 Å². The molecule has 1 aliphatic rings. The molecule has 1 saturated carbocycles. The molecule has 1 amide bonds. The first-order valence-electron chi connectivity index (χ1n) is 6.95. The lowest BCUT2D eigenvalue weighted by Crippen LogP contribution is -2.26. The number of nitrogens with one attached hydrogen (secondary N) is 1. The van der Waals surface area contributed by atoms with Crippen molar-refractivity contribution >= 4 is 11.6 Å². The monoisotopic (exact) mass is 261 g/mol.